The van der Waals surface area contributed by atoms with Crippen LogP contribution in [0, 0.1) is 5.82 Å². The summed E-state index contributed by atoms with van der Waals surface area (Å²) < 4.78 is 20.0. The molecule has 0 fully saturated rings. The molecule has 1 heterocycles. The molecule has 3 aromatic carbocycles. The fraction of sp³-hybridized carbons (Fsp3) is 0.0357. The lowest BCUT2D eigenvalue weighted by atomic mass is 10.1. The first-order valence-electron chi connectivity index (χ1n) is 10.9. The van der Waals surface area contributed by atoms with Crippen LogP contribution in [0.15, 0.2) is 109 Å². The summed E-state index contributed by atoms with van der Waals surface area (Å²) in [6.45, 7) is 0. The van der Waals surface area contributed by atoms with E-state index in [0.29, 0.717) is 22.6 Å². The maximum absolute atomic E-state index is 14.5. The number of anilines is 1. The van der Waals surface area contributed by atoms with E-state index in [0.717, 1.165) is 0 Å². The van der Waals surface area contributed by atoms with Crippen molar-refractivity contribution in [3.8, 4) is 11.5 Å². The molecule has 35 heavy (non-hydrogen) atoms. The number of benzene rings is 3. The summed E-state index contributed by atoms with van der Waals surface area (Å²) in [6.07, 6.45) is 5.79. The summed E-state index contributed by atoms with van der Waals surface area (Å²) in [4.78, 5) is 29.5. The largest absolute Gasteiger partial charge is 0.453 e. The van der Waals surface area contributed by atoms with Crippen molar-refractivity contribution in [2.45, 2.75) is 6.04 Å². The van der Waals surface area contributed by atoms with Gasteiger partial charge in [-0.25, -0.2) is 4.39 Å². The molecule has 0 bridgehead atoms. The number of hydrogen-bond donors (Lipinski definition) is 2. The zero-order valence-electron chi connectivity index (χ0n) is 18.6. The van der Waals surface area contributed by atoms with E-state index in [1.165, 1.54) is 30.5 Å². The first-order chi connectivity index (χ1) is 17.1. The Hall–Kier alpha value is -4.78. The zero-order chi connectivity index (χ0) is 24.5. The van der Waals surface area contributed by atoms with Crippen LogP contribution in [0.2, 0.25) is 0 Å². The molecule has 4 aromatic rings. The molecular formula is C28H22FN3O3. The standard InChI is InChI=1S/C28H22FN3O3/c29-24-18-20(13-15-25(24)35-23-12-7-17-30-19-23)14-16-26(33)32-27(21-8-3-1-4-9-21)28(34)31-22-10-5-2-6-11-22/h1-19,27H,(H,31,34)(H,32,33)/b16-14+. The Morgan fingerprint density at radius 2 is 1.66 bits per heavy atom. The number of nitrogens with zero attached hydrogens (tertiary/aromatic N) is 1. The molecule has 1 unspecified atom stereocenters. The third kappa shape index (κ3) is 6.61. The van der Waals surface area contributed by atoms with Crippen LogP contribution in [0.3, 0.4) is 0 Å². The van der Waals surface area contributed by atoms with Gasteiger partial charge in [-0.1, -0.05) is 54.6 Å². The summed E-state index contributed by atoms with van der Waals surface area (Å²) in [5.41, 5.74) is 1.71. The quantitative estimate of drug-likeness (QED) is 0.334. The highest BCUT2D eigenvalue weighted by Crippen LogP contribution is 2.25. The Morgan fingerprint density at radius 1 is 0.914 bits per heavy atom. The minimum Gasteiger partial charge on any atom is -0.453 e. The molecule has 0 spiro atoms. The molecule has 1 atom stereocenters. The molecule has 4 rings (SSSR count). The highest BCUT2D eigenvalue weighted by molar-refractivity contribution is 6.00. The molecular weight excluding hydrogens is 445 g/mol. The molecule has 0 aliphatic carbocycles. The lowest BCUT2D eigenvalue weighted by Gasteiger charge is -2.18. The number of aromatic nitrogens is 1. The number of carbonyl (C=O) groups excluding carboxylic acids is 2. The molecule has 7 heteroatoms. The Kier molecular flexibility index (Phi) is 7.60. The van der Waals surface area contributed by atoms with Gasteiger partial charge in [0, 0.05) is 18.0 Å². The average Bonchev–Trinajstić information content (AvgIpc) is 2.89. The normalized spacial score (nSPS) is 11.6. The average molecular weight is 468 g/mol. The van der Waals surface area contributed by atoms with E-state index in [2.05, 4.69) is 15.6 Å². The van der Waals surface area contributed by atoms with Crippen LogP contribution >= 0.6 is 0 Å². The summed E-state index contributed by atoms with van der Waals surface area (Å²) in [6, 6.07) is 24.7. The van der Waals surface area contributed by atoms with Crippen molar-refractivity contribution in [1.29, 1.82) is 0 Å². The molecule has 1 aromatic heterocycles. The second kappa shape index (κ2) is 11.4. The smallest absolute Gasteiger partial charge is 0.251 e. The highest BCUT2D eigenvalue weighted by Gasteiger charge is 2.22. The van der Waals surface area contributed by atoms with Crippen molar-refractivity contribution in [2.75, 3.05) is 5.32 Å². The molecule has 2 amide bonds. The second-order valence-corrected chi connectivity index (χ2v) is 7.52. The summed E-state index contributed by atoms with van der Waals surface area (Å²) in [7, 11) is 0. The summed E-state index contributed by atoms with van der Waals surface area (Å²) in [5.74, 6) is -1.01. The number of rotatable bonds is 8. The zero-order valence-corrected chi connectivity index (χ0v) is 18.6. The number of ether oxygens (including phenoxy) is 1. The second-order valence-electron chi connectivity index (χ2n) is 7.52. The van der Waals surface area contributed by atoms with E-state index in [4.69, 9.17) is 4.74 Å². The number of para-hydroxylation sites is 1. The number of hydrogen-bond acceptors (Lipinski definition) is 4. The van der Waals surface area contributed by atoms with E-state index in [9.17, 15) is 14.0 Å². The lowest BCUT2D eigenvalue weighted by molar-refractivity contribution is -0.123. The van der Waals surface area contributed by atoms with E-state index in [1.54, 1.807) is 72.9 Å². The summed E-state index contributed by atoms with van der Waals surface area (Å²) in [5, 5.41) is 5.53. The number of carbonyl (C=O) groups is 2. The molecule has 0 aliphatic rings. The minimum absolute atomic E-state index is 0.0429. The van der Waals surface area contributed by atoms with Gasteiger partial charge in [0.1, 0.15) is 11.8 Å². The molecule has 0 saturated carbocycles. The van der Waals surface area contributed by atoms with Crippen molar-refractivity contribution < 1.29 is 18.7 Å². The maximum atomic E-state index is 14.5. The van der Waals surface area contributed by atoms with Gasteiger partial charge in [-0.3, -0.25) is 14.6 Å². The van der Waals surface area contributed by atoms with Gasteiger partial charge in [0.15, 0.2) is 11.6 Å². The predicted molar refractivity (Wildman–Crippen MR) is 132 cm³/mol. The van der Waals surface area contributed by atoms with E-state index >= 15 is 0 Å². The van der Waals surface area contributed by atoms with Crippen molar-refractivity contribution in [1.82, 2.24) is 10.3 Å². The third-order valence-electron chi connectivity index (χ3n) is 4.97. The van der Waals surface area contributed by atoms with Gasteiger partial charge in [-0.2, -0.15) is 0 Å². The topological polar surface area (TPSA) is 80.3 Å². The van der Waals surface area contributed by atoms with E-state index in [1.807, 2.05) is 12.1 Å². The van der Waals surface area contributed by atoms with Gasteiger partial charge >= 0.3 is 0 Å². The van der Waals surface area contributed by atoms with Crippen LogP contribution in [0.4, 0.5) is 10.1 Å². The van der Waals surface area contributed by atoms with Crippen LogP contribution in [-0.4, -0.2) is 16.8 Å². The Labute approximate surface area is 202 Å². The van der Waals surface area contributed by atoms with Gasteiger partial charge in [0.05, 0.1) is 6.20 Å². The predicted octanol–water partition coefficient (Wildman–Crippen LogP) is 5.52. The number of amides is 2. The monoisotopic (exact) mass is 467 g/mol. The van der Waals surface area contributed by atoms with Crippen molar-refractivity contribution >= 4 is 23.6 Å². The lowest BCUT2D eigenvalue weighted by Crippen LogP contribution is -2.36. The van der Waals surface area contributed by atoms with Crippen molar-refractivity contribution in [3.63, 3.8) is 0 Å². The number of nitrogens with one attached hydrogen (secondary N) is 2. The SMILES string of the molecule is O=C(/C=C/c1ccc(Oc2cccnc2)c(F)c1)NC(C(=O)Nc1ccccc1)c1ccccc1. The van der Waals surface area contributed by atoms with E-state index in [-0.39, 0.29) is 11.7 Å². The van der Waals surface area contributed by atoms with Gasteiger partial charge < -0.3 is 15.4 Å². The van der Waals surface area contributed by atoms with Gasteiger partial charge in [-0.15, -0.1) is 0 Å². The van der Waals surface area contributed by atoms with Gasteiger partial charge in [-0.05, 0) is 53.6 Å². The van der Waals surface area contributed by atoms with Crippen LogP contribution in [-0.2, 0) is 9.59 Å². The number of halogens is 1. The summed E-state index contributed by atoms with van der Waals surface area (Å²) >= 11 is 0. The first kappa shape index (κ1) is 23.4. The van der Waals surface area contributed by atoms with Gasteiger partial charge in [0.25, 0.3) is 5.91 Å². The Balaban J connectivity index is 1.44. The van der Waals surface area contributed by atoms with Crippen molar-refractivity contribution in [2.24, 2.45) is 0 Å². The first-order valence-corrected chi connectivity index (χ1v) is 10.9. The van der Waals surface area contributed by atoms with Crippen molar-refractivity contribution in [3.05, 3.63) is 126 Å². The van der Waals surface area contributed by atoms with Crippen LogP contribution in [0.25, 0.3) is 6.08 Å². The Morgan fingerprint density at radius 3 is 2.34 bits per heavy atom. The molecule has 0 radical (unpaired) electrons. The van der Waals surface area contributed by atoms with Crippen LogP contribution in [0.5, 0.6) is 11.5 Å². The number of pyridine rings is 1. The van der Waals surface area contributed by atoms with E-state index < -0.39 is 17.8 Å². The minimum atomic E-state index is -0.916. The molecule has 2 N–H and O–H groups in total. The molecule has 174 valence electrons. The maximum Gasteiger partial charge on any atom is 0.251 e. The van der Waals surface area contributed by atoms with Crippen LogP contribution < -0.4 is 15.4 Å². The van der Waals surface area contributed by atoms with Crippen LogP contribution in [0.1, 0.15) is 17.2 Å². The highest BCUT2D eigenvalue weighted by atomic mass is 19.1. The van der Waals surface area contributed by atoms with Gasteiger partial charge in [0.2, 0.25) is 5.91 Å². The molecule has 6 nitrogen and oxygen atoms in total. The fourth-order valence-electron chi connectivity index (χ4n) is 3.28. The third-order valence-corrected chi connectivity index (χ3v) is 4.97. The molecule has 0 aliphatic heterocycles. The Bertz CT molecular complexity index is 1310. The fourth-order valence-corrected chi connectivity index (χ4v) is 3.28. The molecule has 0 saturated heterocycles.